The Morgan fingerprint density at radius 1 is 1.18 bits per heavy atom. The van der Waals surface area contributed by atoms with Gasteiger partial charge in [-0.3, -0.25) is 0 Å². The minimum Gasteiger partial charge on any atom is -0.467 e. The Bertz CT molecular complexity index is 470. The molecule has 0 spiro atoms. The lowest BCUT2D eigenvalue weighted by Crippen LogP contribution is -2.31. The normalized spacial score (nSPS) is 25.0. The van der Waals surface area contributed by atoms with Gasteiger partial charge in [-0.05, 0) is 37.8 Å². The Kier molecular flexibility index (Phi) is 2.99. The quantitative estimate of drug-likeness (QED) is 0.889. The molecule has 4 heteroatoms. The van der Waals surface area contributed by atoms with Crippen molar-refractivity contribution in [3.05, 3.63) is 24.3 Å². The van der Waals surface area contributed by atoms with Crippen molar-refractivity contribution in [2.75, 3.05) is 0 Å². The van der Waals surface area contributed by atoms with Crippen LogP contribution < -0.4 is 10.5 Å². The first-order chi connectivity index (χ1) is 8.31. The lowest BCUT2D eigenvalue weighted by Gasteiger charge is -2.25. The van der Waals surface area contributed by atoms with Crippen LogP contribution in [0.15, 0.2) is 24.3 Å². The molecule has 0 unspecified atom stereocenters. The Labute approximate surface area is 105 Å². The second-order valence-corrected chi connectivity index (χ2v) is 5.60. The van der Waals surface area contributed by atoms with Crippen LogP contribution in [-0.2, 0) is 0 Å². The third-order valence-electron chi connectivity index (χ3n) is 3.26. The highest BCUT2D eigenvalue weighted by molar-refractivity contribution is 7.20. The number of benzene rings is 1. The predicted molar refractivity (Wildman–Crippen MR) is 70.5 cm³/mol. The summed E-state index contributed by atoms with van der Waals surface area (Å²) in [7, 11) is 0. The van der Waals surface area contributed by atoms with Crippen molar-refractivity contribution in [3.8, 4) is 5.19 Å². The van der Waals surface area contributed by atoms with E-state index in [0.717, 1.165) is 36.4 Å². The smallest absolute Gasteiger partial charge is 0.274 e. The summed E-state index contributed by atoms with van der Waals surface area (Å²) in [5.74, 6) is 0. The second-order valence-electron chi connectivity index (χ2n) is 4.60. The Morgan fingerprint density at radius 2 is 1.94 bits per heavy atom. The van der Waals surface area contributed by atoms with Gasteiger partial charge in [0.1, 0.15) is 6.10 Å². The number of hydrogen-bond donors (Lipinski definition) is 1. The molecule has 1 aliphatic rings. The van der Waals surface area contributed by atoms with Gasteiger partial charge in [-0.2, -0.15) is 0 Å². The van der Waals surface area contributed by atoms with Crippen LogP contribution in [0.2, 0.25) is 0 Å². The van der Waals surface area contributed by atoms with E-state index >= 15 is 0 Å². The molecule has 1 aliphatic carbocycles. The van der Waals surface area contributed by atoms with Crippen molar-refractivity contribution in [1.82, 2.24) is 4.98 Å². The molecule has 1 aromatic heterocycles. The average molecular weight is 248 g/mol. The molecule has 0 aliphatic heterocycles. The third-order valence-corrected chi connectivity index (χ3v) is 4.19. The molecule has 3 rings (SSSR count). The number of fused-ring (bicyclic) bond motifs is 1. The van der Waals surface area contributed by atoms with Gasteiger partial charge in [-0.15, -0.1) is 0 Å². The summed E-state index contributed by atoms with van der Waals surface area (Å²) in [6, 6.07) is 8.51. The first-order valence-electron chi connectivity index (χ1n) is 6.09. The molecule has 17 heavy (non-hydrogen) atoms. The van der Waals surface area contributed by atoms with E-state index in [9.17, 15) is 0 Å². The Morgan fingerprint density at radius 3 is 2.71 bits per heavy atom. The number of rotatable bonds is 2. The minimum atomic E-state index is 0.301. The molecule has 0 amide bonds. The molecule has 0 bridgehead atoms. The van der Waals surface area contributed by atoms with E-state index in [2.05, 4.69) is 11.1 Å². The van der Waals surface area contributed by atoms with Gasteiger partial charge >= 0.3 is 0 Å². The van der Waals surface area contributed by atoms with Gasteiger partial charge in [0.2, 0.25) is 0 Å². The van der Waals surface area contributed by atoms with Crippen molar-refractivity contribution >= 4 is 21.6 Å². The van der Waals surface area contributed by atoms with E-state index in [4.69, 9.17) is 10.5 Å². The lowest BCUT2D eigenvalue weighted by atomic mass is 9.94. The molecular formula is C13H16N2OS. The summed E-state index contributed by atoms with van der Waals surface area (Å²) in [6.45, 7) is 0. The van der Waals surface area contributed by atoms with Gasteiger partial charge in [-0.1, -0.05) is 23.5 Å². The first-order valence-corrected chi connectivity index (χ1v) is 6.91. The molecular weight excluding hydrogens is 232 g/mol. The van der Waals surface area contributed by atoms with Crippen LogP contribution >= 0.6 is 11.3 Å². The minimum absolute atomic E-state index is 0.301. The van der Waals surface area contributed by atoms with Crippen LogP contribution in [0.5, 0.6) is 5.19 Å². The fraction of sp³-hybridized carbons (Fsp3) is 0.462. The van der Waals surface area contributed by atoms with E-state index in [1.807, 2.05) is 18.2 Å². The van der Waals surface area contributed by atoms with Gasteiger partial charge < -0.3 is 10.5 Å². The van der Waals surface area contributed by atoms with Gasteiger partial charge in [0.05, 0.1) is 10.2 Å². The molecule has 1 aromatic carbocycles. The van der Waals surface area contributed by atoms with Crippen molar-refractivity contribution in [1.29, 1.82) is 0 Å². The number of thiazole rings is 1. The number of nitrogens with two attached hydrogens (primary N) is 1. The Balaban J connectivity index is 1.72. The summed E-state index contributed by atoms with van der Waals surface area (Å²) in [4.78, 5) is 4.49. The van der Waals surface area contributed by atoms with Gasteiger partial charge in [0, 0.05) is 6.04 Å². The molecule has 1 saturated carbocycles. The van der Waals surface area contributed by atoms with Crippen LogP contribution in [0.1, 0.15) is 25.7 Å². The van der Waals surface area contributed by atoms with Crippen LogP contribution in [0, 0.1) is 0 Å². The Hall–Kier alpha value is -1.13. The average Bonchev–Trinajstić information content (AvgIpc) is 2.74. The number of ether oxygens (including phenoxy) is 1. The van der Waals surface area contributed by atoms with E-state index in [0.29, 0.717) is 12.1 Å². The van der Waals surface area contributed by atoms with Crippen molar-refractivity contribution in [2.24, 2.45) is 5.73 Å². The maximum atomic E-state index is 5.94. The van der Waals surface area contributed by atoms with Crippen LogP contribution in [0.3, 0.4) is 0 Å². The largest absolute Gasteiger partial charge is 0.467 e. The zero-order chi connectivity index (χ0) is 11.7. The summed E-state index contributed by atoms with van der Waals surface area (Å²) >= 11 is 1.63. The van der Waals surface area contributed by atoms with Crippen molar-refractivity contribution in [3.63, 3.8) is 0 Å². The zero-order valence-corrected chi connectivity index (χ0v) is 10.5. The molecule has 90 valence electrons. The van der Waals surface area contributed by atoms with Crippen LogP contribution in [0.4, 0.5) is 0 Å². The summed E-state index contributed by atoms with van der Waals surface area (Å²) in [5, 5.41) is 0.798. The highest BCUT2D eigenvalue weighted by Crippen LogP contribution is 2.30. The maximum absolute atomic E-state index is 5.94. The number of para-hydroxylation sites is 1. The van der Waals surface area contributed by atoms with Crippen molar-refractivity contribution < 1.29 is 4.74 Å². The predicted octanol–water partition coefficient (Wildman–Crippen LogP) is 2.95. The SMILES string of the molecule is NC1CCC(Oc2nc3ccccc3s2)CC1. The molecule has 1 fully saturated rings. The van der Waals surface area contributed by atoms with Crippen LogP contribution in [0.25, 0.3) is 10.2 Å². The molecule has 2 aromatic rings. The topological polar surface area (TPSA) is 48.1 Å². The van der Waals surface area contributed by atoms with Crippen molar-refractivity contribution in [2.45, 2.75) is 37.8 Å². The number of hydrogen-bond acceptors (Lipinski definition) is 4. The fourth-order valence-electron chi connectivity index (χ4n) is 2.25. The molecule has 0 saturated heterocycles. The molecule has 3 nitrogen and oxygen atoms in total. The summed E-state index contributed by atoms with van der Waals surface area (Å²) < 4.78 is 7.13. The van der Waals surface area contributed by atoms with E-state index in [1.165, 1.54) is 4.70 Å². The maximum Gasteiger partial charge on any atom is 0.274 e. The molecule has 0 radical (unpaired) electrons. The van der Waals surface area contributed by atoms with E-state index in [-0.39, 0.29) is 0 Å². The van der Waals surface area contributed by atoms with E-state index < -0.39 is 0 Å². The first kappa shape index (κ1) is 11.0. The fourth-order valence-corrected chi connectivity index (χ4v) is 3.13. The highest BCUT2D eigenvalue weighted by atomic mass is 32.1. The molecule has 2 N–H and O–H groups in total. The van der Waals surface area contributed by atoms with Gasteiger partial charge in [-0.25, -0.2) is 4.98 Å². The van der Waals surface area contributed by atoms with E-state index in [1.54, 1.807) is 11.3 Å². The summed E-state index contributed by atoms with van der Waals surface area (Å²) in [6.07, 6.45) is 4.54. The summed E-state index contributed by atoms with van der Waals surface area (Å²) in [5.41, 5.74) is 6.91. The second kappa shape index (κ2) is 4.63. The zero-order valence-electron chi connectivity index (χ0n) is 9.63. The van der Waals surface area contributed by atoms with Crippen LogP contribution in [-0.4, -0.2) is 17.1 Å². The van der Waals surface area contributed by atoms with Gasteiger partial charge in [0.25, 0.3) is 5.19 Å². The monoisotopic (exact) mass is 248 g/mol. The third kappa shape index (κ3) is 2.42. The number of aromatic nitrogens is 1. The molecule has 0 atom stereocenters. The lowest BCUT2D eigenvalue weighted by molar-refractivity contribution is 0.147. The number of nitrogens with zero attached hydrogens (tertiary/aromatic N) is 1. The van der Waals surface area contributed by atoms with Gasteiger partial charge in [0.15, 0.2) is 0 Å². The highest BCUT2D eigenvalue weighted by Gasteiger charge is 2.20. The molecule has 1 heterocycles. The standard InChI is InChI=1S/C13H16N2OS/c14-9-5-7-10(8-6-9)16-13-15-11-3-1-2-4-12(11)17-13/h1-4,9-10H,5-8,14H2.